The van der Waals surface area contributed by atoms with E-state index in [1.807, 2.05) is 11.6 Å². The summed E-state index contributed by atoms with van der Waals surface area (Å²) in [5, 5.41) is 7.40. The first kappa shape index (κ1) is 16.0. The van der Waals surface area contributed by atoms with Gasteiger partial charge in [-0.1, -0.05) is 0 Å². The molecule has 0 atom stereocenters. The molecule has 2 rings (SSSR count). The molecule has 1 amide bonds. The van der Waals surface area contributed by atoms with Crippen LogP contribution in [0.4, 0.5) is 0 Å². The first-order valence-corrected chi connectivity index (χ1v) is 7.80. The summed E-state index contributed by atoms with van der Waals surface area (Å²) in [6, 6.07) is 2.38. The fourth-order valence-corrected chi connectivity index (χ4v) is 2.73. The highest BCUT2D eigenvalue weighted by molar-refractivity contribution is 5.77. The number of nitrogens with zero attached hydrogens (tertiary/aromatic N) is 3. The highest BCUT2D eigenvalue weighted by Crippen LogP contribution is 2.07. The standard InChI is InChI=1S/C15H27N5O/c1-12-10-13(2)20(18-12)7-3-6-17-15(21)11-19-8-4-14(16)5-9-19/h10,14H,3-9,11,16H2,1-2H3,(H,17,21). The predicted molar refractivity (Wildman–Crippen MR) is 83.0 cm³/mol. The Balaban J connectivity index is 1.60. The zero-order valence-electron chi connectivity index (χ0n) is 13.1. The summed E-state index contributed by atoms with van der Waals surface area (Å²) in [5.41, 5.74) is 8.07. The molecule has 3 N–H and O–H groups in total. The minimum Gasteiger partial charge on any atom is -0.355 e. The highest BCUT2D eigenvalue weighted by Gasteiger charge is 2.17. The van der Waals surface area contributed by atoms with E-state index in [9.17, 15) is 4.79 Å². The lowest BCUT2D eigenvalue weighted by Crippen LogP contribution is -2.44. The van der Waals surface area contributed by atoms with Crippen molar-refractivity contribution in [3.8, 4) is 0 Å². The molecule has 6 nitrogen and oxygen atoms in total. The summed E-state index contributed by atoms with van der Waals surface area (Å²) < 4.78 is 1.99. The van der Waals surface area contributed by atoms with Crippen LogP contribution in [0.15, 0.2) is 6.07 Å². The van der Waals surface area contributed by atoms with Gasteiger partial charge in [-0.05, 0) is 39.2 Å². The van der Waals surface area contributed by atoms with Crippen molar-refractivity contribution in [3.05, 3.63) is 17.5 Å². The second-order valence-electron chi connectivity index (χ2n) is 5.97. The number of carbonyl (C=O) groups excluding carboxylic acids is 1. The van der Waals surface area contributed by atoms with Crippen molar-refractivity contribution in [2.75, 3.05) is 26.2 Å². The van der Waals surface area contributed by atoms with Gasteiger partial charge in [0.1, 0.15) is 0 Å². The Labute approximate surface area is 126 Å². The fraction of sp³-hybridized carbons (Fsp3) is 0.733. The Morgan fingerprint density at radius 3 is 2.76 bits per heavy atom. The number of amides is 1. The van der Waals surface area contributed by atoms with E-state index in [4.69, 9.17) is 5.73 Å². The van der Waals surface area contributed by atoms with E-state index in [1.54, 1.807) is 0 Å². The summed E-state index contributed by atoms with van der Waals surface area (Å²) >= 11 is 0. The van der Waals surface area contributed by atoms with Crippen LogP contribution in [0.3, 0.4) is 0 Å². The van der Waals surface area contributed by atoms with Crippen molar-refractivity contribution in [1.29, 1.82) is 0 Å². The molecule has 2 heterocycles. The Bertz CT molecular complexity index is 463. The zero-order valence-corrected chi connectivity index (χ0v) is 13.1. The van der Waals surface area contributed by atoms with Crippen LogP contribution in [-0.4, -0.2) is 52.8 Å². The number of piperidine rings is 1. The molecule has 6 heteroatoms. The number of aryl methyl sites for hydroxylation is 3. The molecule has 0 saturated carbocycles. The van der Waals surface area contributed by atoms with Crippen molar-refractivity contribution < 1.29 is 4.79 Å². The van der Waals surface area contributed by atoms with E-state index >= 15 is 0 Å². The van der Waals surface area contributed by atoms with Gasteiger partial charge in [-0.2, -0.15) is 5.10 Å². The molecule has 118 valence electrons. The van der Waals surface area contributed by atoms with Crippen LogP contribution in [0.25, 0.3) is 0 Å². The van der Waals surface area contributed by atoms with Crippen LogP contribution in [0.5, 0.6) is 0 Å². The minimum absolute atomic E-state index is 0.110. The van der Waals surface area contributed by atoms with Crippen LogP contribution in [0, 0.1) is 13.8 Å². The summed E-state index contributed by atoms with van der Waals surface area (Å²) in [6.45, 7) is 7.95. The second-order valence-corrected chi connectivity index (χ2v) is 5.97. The van der Waals surface area contributed by atoms with Gasteiger partial charge in [0.15, 0.2) is 0 Å². The molecule has 0 aliphatic carbocycles. The van der Waals surface area contributed by atoms with Crippen LogP contribution in [-0.2, 0) is 11.3 Å². The summed E-state index contributed by atoms with van der Waals surface area (Å²) in [7, 11) is 0. The van der Waals surface area contributed by atoms with Gasteiger partial charge in [0, 0.05) is 37.9 Å². The summed E-state index contributed by atoms with van der Waals surface area (Å²) in [4.78, 5) is 14.0. The topological polar surface area (TPSA) is 76.2 Å². The number of nitrogens with two attached hydrogens (primary N) is 1. The van der Waals surface area contributed by atoms with E-state index in [2.05, 4.69) is 28.3 Å². The first-order valence-electron chi connectivity index (χ1n) is 7.80. The van der Waals surface area contributed by atoms with E-state index in [1.165, 1.54) is 5.69 Å². The molecule has 21 heavy (non-hydrogen) atoms. The maximum atomic E-state index is 11.9. The van der Waals surface area contributed by atoms with Crippen LogP contribution >= 0.6 is 0 Å². The van der Waals surface area contributed by atoms with Crippen LogP contribution in [0.2, 0.25) is 0 Å². The lowest BCUT2D eigenvalue weighted by atomic mass is 10.1. The van der Waals surface area contributed by atoms with E-state index < -0.39 is 0 Å². The number of nitrogens with one attached hydrogen (secondary N) is 1. The molecule has 0 aromatic carbocycles. The van der Waals surface area contributed by atoms with Gasteiger partial charge in [0.25, 0.3) is 0 Å². The summed E-state index contributed by atoms with van der Waals surface area (Å²) in [6.07, 6.45) is 2.88. The van der Waals surface area contributed by atoms with Crippen LogP contribution < -0.4 is 11.1 Å². The number of hydrogen-bond acceptors (Lipinski definition) is 4. The molecule has 1 aromatic rings. The molecule has 1 fully saturated rings. The average Bonchev–Trinajstić information content (AvgIpc) is 2.76. The number of rotatable bonds is 6. The Kier molecular flexibility index (Phi) is 5.76. The largest absolute Gasteiger partial charge is 0.355 e. The normalized spacial score (nSPS) is 17.1. The molecular weight excluding hydrogens is 266 g/mol. The highest BCUT2D eigenvalue weighted by atomic mass is 16.2. The Morgan fingerprint density at radius 2 is 2.14 bits per heavy atom. The van der Waals surface area contributed by atoms with E-state index in [-0.39, 0.29) is 5.91 Å². The van der Waals surface area contributed by atoms with Gasteiger partial charge in [0.05, 0.1) is 12.2 Å². The van der Waals surface area contributed by atoms with Crippen molar-refractivity contribution >= 4 is 5.91 Å². The van der Waals surface area contributed by atoms with Gasteiger partial charge in [0.2, 0.25) is 5.91 Å². The molecule has 1 aliphatic rings. The molecule has 1 aliphatic heterocycles. The van der Waals surface area contributed by atoms with Crippen molar-refractivity contribution in [3.63, 3.8) is 0 Å². The predicted octanol–water partition coefficient (Wildman–Crippen LogP) is 0.429. The maximum absolute atomic E-state index is 11.9. The third kappa shape index (κ3) is 5.13. The molecule has 0 unspecified atom stereocenters. The van der Waals surface area contributed by atoms with Gasteiger partial charge in [-0.25, -0.2) is 0 Å². The number of carbonyl (C=O) groups is 1. The summed E-state index contributed by atoms with van der Waals surface area (Å²) in [5.74, 6) is 0.110. The molecule has 0 bridgehead atoms. The number of aromatic nitrogens is 2. The van der Waals surface area contributed by atoms with Crippen molar-refractivity contribution in [1.82, 2.24) is 20.0 Å². The van der Waals surface area contributed by atoms with Crippen molar-refractivity contribution in [2.45, 2.75) is 45.7 Å². The van der Waals surface area contributed by atoms with E-state index in [0.717, 1.165) is 44.6 Å². The lowest BCUT2D eigenvalue weighted by Gasteiger charge is -2.29. The third-order valence-corrected chi connectivity index (χ3v) is 3.97. The number of hydrogen-bond donors (Lipinski definition) is 2. The Hall–Kier alpha value is -1.40. The third-order valence-electron chi connectivity index (χ3n) is 3.97. The lowest BCUT2D eigenvalue weighted by molar-refractivity contribution is -0.122. The zero-order chi connectivity index (χ0) is 15.2. The Morgan fingerprint density at radius 1 is 1.43 bits per heavy atom. The van der Waals surface area contributed by atoms with Gasteiger partial charge >= 0.3 is 0 Å². The monoisotopic (exact) mass is 293 g/mol. The van der Waals surface area contributed by atoms with Crippen molar-refractivity contribution in [2.24, 2.45) is 5.73 Å². The van der Waals surface area contributed by atoms with Gasteiger partial charge in [-0.3, -0.25) is 14.4 Å². The van der Waals surface area contributed by atoms with Gasteiger partial charge in [-0.15, -0.1) is 0 Å². The molecular formula is C15H27N5O. The minimum atomic E-state index is 0.110. The fourth-order valence-electron chi connectivity index (χ4n) is 2.73. The average molecular weight is 293 g/mol. The second kappa shape index (κ2) is 7.56. The quantitative estimate of drug-likeness (QED) is 0.746. The molecule has 0 radical (unpaired) electrons. The SMILES string of the molecule is Cc1cc(C)n(CCCNC(=O)CN2CCC(N)CC2)n1. The molecule has 0 spiro atoms. The maximum Gasteiger partial charge on any atom is 0.234 e. The number of likely N-dealkylation sites (tertiary alicyclic amines) is 1. The molecule has 1 saturated heterocycles. The van der Waals surface area contributed by atoms with Gasteiger partial charge < -0.3 is 11.1 Å². The molecule has 1 aromatic heterocycles. The first-order chi connectivity index (χ1) is 10.0. The smallest absolute Gasteiger partial charge is 0.234 e. The van der Waals surface area contributed by atoms with E-state index in [0.29, 0.717) is 19.1 Å². The van der Waals surface area contributed by atoms with Crippen LogP contribution in [0.1, 0.15) is 30.7 Å².